The lowest BCUT2D eigenvalue weighted by molar-refractivity contribution is -0.161. The average Bonchev–Trinajstić information content (AvgIpc) is 3.23. The second-order valence-electron chi connectivity index (χ2n) is 14.8. The number of esters is 2. The van der Waals surface area contributed by atoms with Gasteiger partial charge in [0.15, 0.2) is 6.10 Å². The van der Waals surface area contributed by atoms with Crippen LogP contribution in [0.2, 0.25) is 0 Å². The Bertz CT molecular complexity index is 1430. The maximum absolute atomic E-state index is 12.6. The van der Waals surface area contributed by atoms with Gasteiger partial charge in [-0.25, -0.2) is 9.13 Å². The summed E-state index contributed by atoms with van der Waals surface area (Å²) in [6, 6.07) is 0. The number of ether oxygens (including phenoxy) is 2. The normalized spacial score (nSPS) is 15.3. The van der Waals surface area contributed by atoms with Crippen molar-refractivity contribution in [2.75, 3.05) is 26.4 Å². The largest absolute Gasteiger partial charge is 0.472 e. The van der Waals surface area contributed by atoms with Crippen LogP contribution in [0.4, 0.5) is 0 Å². The molecule has 0 aromatic rings. The number of aliphatic hydroxyl groups excluding tert-OH is 2. The highest BCUT2D eigenvalue weighted by Crippen LogP contribution is 2.43. The van der Waals surface area contributed by atoms with Crippen molar-refractivity contribution < 1.29 is 66.7 Å². The summed E-state index contributed by atoms with van der Waals surface area (Å²) in [6.45, 7) is 1.45. The minimum atomic E-state index is -4.88. The topological polar surface area (TPSA) is 216 Å². The number of hydrogen-bond acceptors (Lipinski definition) is 11. The van der Waals surface area contributed by atoms with Gasteiger partial charge in [0, 0.05) is 12.8 Å². The minimum Gasteiger partial charge on any atom is -0.462 e. The van der Waals surface area contributed by atoms with E-state index >= 15 is 0 Å². The molecule has 0 aromatic carbocycles. The van der Waals surface area contributed by atoms with E-state index in [1.807, 2.05) is 42.5 Å². The van der Waals surface area contributed by atoms with E-state index in [4.69, 9.17) is 23.8 Å². The highest BCUT2D eigenvalue weighted by molar-refractivity contribution is 7.47. The molecule has 0 fully saturated rings. The maximum atomic E-state index is 12.6. The third-order valence-electron chi connectivity index (χ3n) is 8.82. The number of phosphoric ester groups is 2. The minimum absolute atomic E-state index is 0.0238. The molecule has 0 amide bonds. The van der Waals surface area contributed by atoms with E-state index in [1.165, 1.54) is 38.5 Å². The molecule has 0 radical (unpaired) electrons. The molecule has 0 aromatic heterocycles. The van der Waals surface area contributed by atoms with Gasteiger partial charge >= 0.3 is 27.6 Å². The van der Waals surface area contributed by atoms with Crippen molar-refractivity contribution in [2.45, 2.75) is 167 Å². The van der Waals surface area contributed by atoms with Gasteiger partial charge in [-0.05, 0) is 77.0 Å². The van der Waals surface area contributed by atoms with Gasteiger partial charge in [0.2, 0.25) is 0 Å². The van der Waals surface area contributed by atoms with Crippen molar-refractivity contribution in [3.8, 4) is 0 Å². The molecule has 0 saturated heterocycles. The lowest BCUT2D eigenvalue weighted by Crippen LogP contribution is -2.29. The van der Waals surface area contributed by atoms with Crippen LogP contribution in [-0.2, 0) is 41.8 Å². The Balaban J connectivity index is 4.72. The second kappa shape index (κ2) is 41.0. The molecule has 5 N–H and O–H groups in total. The first-order valence-electron chi connectivity index (χ1n) is 22.4. The summed E-state index contributed by atoms with van der Waals surface area (Å²) in [7, 11) is -9.73. The van der Waals surface area contributed by atoms with E-state index in [1.54, 1.807) is 0 Å². The molecular weight excluding hydrogens is 838 g/mol. The summed E-state index contributed by atoms with van der Waals surface area (Å²) in [5, 5.41) is 19.6. The van der Waals surface area contributed by atoms with E-state index in [-0.39, 0.29) is 18.9 Å². The quantitative estimate of drug-likeness (QED) is 0.0167. The summed E-state index contributed by atoms with van der Waals surface area (Å²) in [5.41, 5.74) is 0. The van der Waals surface area contributed by atoms with Crippen molar-refractivity contribution in [3.05, 3.63) is 85.1 Å². The molecule has 1 unspecified atom stereocenters. The summed E-state index contributed by atoms with van der Waals surface area (Å²) in [5.74, 6) is -1.19. The van der Waals surface area contributed by atoms with Gasteiger partial charge in [0.25, 0.3) is 0 Å². The van der Waals surface area contributed by atoms with Crippen LogP contribution in [0.5, 0.6) is 0 Å². The van der Waals surface area contributed by atoms with Gasteiger partial charge in [0.05, 0.1) is 25.9 Å². The molecular formula is C46H78O14P2. The molecule has 0 aliphatic heterocycles. The van der Waals surface area contributed by atoms with E-state index in [2.05, 4.69) is 65.4 Å². The fourth-order valence-electron chi connectivity index (χ4n) is 5.37. The lowest BCUT2D eigenvalue weighted by Gasteiger charge is -2.20. The predicted molar refractivity (Wildman–Crippen MR) is 245 cm³/mol. The number of rotatable bonds is 41. The number of carbonyl (C=O) groups excluding carboxylic acids is 2. The van der Waals surface area contributed by atoms with Crippen LogP contribution in [0.15, 0.2) is 85.1 Å². The fraction of sp³-hybridized carbons (Fsp3) is 0.652. The predicted octanol–water partition coefficient (Wildman–Crippen LogP) is 10.5. The van der Waals surface area contributed by atoms with Crippen LogP contribution in [0.25, 0.3) is 0 Å². The Morgan fingerprint density at radius 3 is 1.52 bits per heavy atom. The molecule has 356 valence electrons. The molecule has 4 atom stereocenters. The fourth-order valence-corrected chi connectivity index (χ4v) is 6.53. The number of unbranched alkanes of at least 4 members (excludes halogenated alkanes) is 9. The Hall–Kier alpha value is -2.74. The van der Waals surface area contributed by atoms with Gasteiger partial charge in [-0.15, -0.1) is 0 Å². The van der Waals surface area contributed by atoms with Crippen LogP contribution < -0.4 is 0 Å². The van der Waals surface area contributed by atoms with Gasteiger partial charge in [-0.3, -0.25) is 23.2 Å². The second-order valence-corrected chi connectivity index (χ2v) is 17.5. The van der Waals surface area contributed by atoms with Crippen molar-refractivity contribution in [1.82, 2.24) is 0 Å². The van der Waals surface area contributed by atoms with Crippen molar-refractivity contribution >= 4 is 27.6 Å². The summed E-state index contributed by atoms with van der Waals surface area (Å²) >= 11 is 0. The Kier molecular flexibility index (Phi) is 39.2. The summed E-state index contributed by atoms with van der Waals surface area (Å²) in [4.78, 5) is 52.7. The monoisotopic (exact) mass is 916 g/mol. The molecule has 14 nitrogen and oxygen atoms in total. The first kappa shape index (κ1) is 59.3. The standard InChI is InChI=1S/C46H78O14P2/c1-3-5-7-8-9-10-11-12-13-14-15-16-20-23-26-29-32-36-45(49)56-40-44(41-59-62(54,55)58-39-43(48)38-57-61(51,52)53)60-46(50)37-33-30-27-24-21-18-17-19-22-25-28-31-35-42(47)34-6-4-2/h12-13,15-18,22-27,31,35,42-44,47-48H,3-11,14,19-21,28-30,32-34,36-41H2,1-2H3,(H,54,55)(H2,51,52,53)/b13-12-,16-15-,18-17-,25-22-,26-23-,27-24-,35-31-/t42-,43+,44-/m1/s1. The van der Waals surface area contributed by atoms with E-state index in [0.717, 1.165) is 57.8 Å². The number of phosphoric acid groups is 2. The number of allylic oxidation sites excluding steroid dienone is 13. The molecule has 0 bridgehead atoms. The van der Waals surface area contributed by atoms with Crippen molar-refractivity contribution in [2.24, 2.45) is 0 Å². The highest BCUT2D eigenvalue weighted by atomic mass is 31.2. The van der Waals surface area contributed by atoms with E-state index < -0.39 is 66.2 Å². The van der Waals surface area contributed by atoms with Gasteiger partial charge < -0.3 is 34.4 Å². The Labute approximate surface area is 371 Å². The molecule has 0 heterocycles. The average molecular weight is 917 g/mol. The van der Waals surface area contributed by atoms with Gasteiger partial charge in [-0.2, -0.15) is 0 Å². The lowest BCUT2D eigenvalue weighted by atomic mass is 10.1. The molecule has 0 saturated carbocycles. The zero-order valence-electron chi connectivity index (χ0n) is 37.3. The van der Waals surface area contributed by atoms with Crippen LogP contribution in [0.3, 0.4) is 0 Å². The molecule has 0 aliphatic rings. The van der Waals surface area contributed by atoms with Crippen LogP contribution >= 0.6 is 15.6 Å². The molecule has 62 heavy (non-hydrogen) atoms. The third kappa shape index (κ3) is 43.9. The zero-order valence-corrected chi connectivity index (χ0v) is 39.1. The van der Waals surface area contributed by atoms with Crippen molar-refractivity contribution in [3.63, 3.8) is 0 Å². The number of hydrogen-bond donors (Lipinski definition) is 5. The first-order valence-corrected chi connectivity index (χ1v) is 25.4. The highest BCUT2D eigenvalue weighted by Gasteiger charge is 2.28. The SMILES string of the molecule is CCCCCCCC/C=C\C/C=C\C/C=C\CCCC(=O)OC[C@H](COP(=O)(O)OC[C@@H](O)COP(=O)(O)O)OC(=O)CCC/C=C\C/C=C\C/C=C\C/C=C\[C@H](O)CCCC. The summed E-state index contributed by atoms with van der Waals surface area (Å²) < 4.78 is 47.6. The van der Waals surface area contributed by atoms with Gasteiger partial charge in [0.1, 0.15) is 12.7 Å². The molecule has 16 heteroatoms. The first-order chi connectivity index (χ1) is 29.8. The summed E-state index contributed by atoms with van der Waals surface area (Å²) in [6.07, 6.45) is 43.5. The van der Waals surface area contributed by atoms with E-state index in [9.17, 15) is 33.8 Å². The van der Waals surface area contributed by atoms with Crippen LogP contribution in [0, 0.1) is 0 Å². The maximum Gasteiger partial charge on any atom is 0.472 e. The number of aliphatic hydroxyl groups is 2. The van der Waals surface area contributed by atoms with E-state index in [0.29, 0.717) is 25.7 Å². The molecule has 0 aliphatic carbocycles. The Morgan fingerprint density at radius 1 is 0.516 bits per heavy atom. The van der Waals surface area contributed by atoms with Crippen LogP contribution in [-0.4, -0.2) is 81.6 Å². The zero-order chi connectivity index (χ0) is 46.0. The van der Waals surface area contributed by atoms with Crippen molar-refractivity contribution in [1.29, 1.82) is 0 Å². The third-order valence-corrected chi connectivity index (χ3v) is 10.3. The number of carbonyl (C=O) groups is 2. The Morgan fingerprint density at radius 2 is 0.968 bits per heavy atom. The molecule has 0 rings (SSSR count). The molecule has 0 spiro atoms. The van der Waals surface area contributed by atoms with Gasteiger partial charge in [-0.1, -0.05) is 144 Å². The van der Waals surface area contributed by atoms with Crippen LogP contribution in [0.1, 0.15) is 149 Å². The smallest absolute Gasteiger partial charge is 0.462 e.